The van der Waals surface area contributed by atoms with Crippen molar-refractivity contribution in [2.75, 3.05) is 13.1 Å². The van der Waals surface area contributed by atoms with Gasteiger partial charge in [-0.1, -0.05) is 0 Å². The Morgan fingerprint density at radius 2 is 1.96 bits per heavy atom. The first kappa shape index (κ1) is 16.1. The van der Waals surface area contributed by atoms with Crippen LogP contribution in [-0.2, 0) is 12.8 Å². The Bertz CT molecular complexity index is 918. The van der Waals surface area contributed by atoms with E-state index in [2.05, 4.69) is 10.3 Å². The Kier molecular flexibility index (Phi) is 4.30. The van der Waals surface area contributed by atoms with E-state index in [9.17, 15) is 0 Å². The van der Waals surface area contributed by atoms with Gasteiger partial charge in [-0.15, -0.1) is 11.3 Å². The van der Waals surface area contributed by atoms with Crippen LogP contribution < -0.4 is 10.1 Å². The third-order valence-corrected chi connectivity index (χ3v) is 6.44. The van der Waals surface area contributed by atoms with Crippen LogP contribution in [0.5, 0.6) is 5.88 Å². The lowest BCUT2D eigenvalue weighted by Crippen LogP contribution is -2.37. The maximum Gasteiger partial charge on any atom is 0.226 e. The summed E-state index contributed by atoms with van der Waals surface area (Å²) in [7, 11) is 0. The molecular formula is C20H22N4OS. The molecule has 0 amide bonds. The van der Waals surface area contributed by atoms with E-state index < -0.39 is 0 Å². The minimum absolute atomic E-state index is 0.186. The van der Waals surface area contributed by atoms with Crippen molar-refractivity contribution in [3.8, 4) is 17.3 Å². The highest BCUT2D eigenvalue weighted by Gasteiger charge is 2.24. The van der Waals surface area contributed by atoms with Gasteiger partial charge in [0.15, 0.2) is 5.82 Å². The highest BCUT2D eigenvalue weighted by atomic mass is 32.1. The fourth-order valence-corrected chi connectivity index (χ4v) is 5.17. The zero-order chi connectivity index (χ0) is 17.3. The summed E-state index contributed by atoms with van der Waals surface area (Å²) in [5.74, 6) is 1.51. The number of ether oxygens (including phenoxy) is 1. The molecule has 26 heavy (non-hydrogen) atoms. The van der Waals surface area contributed by atoms with Gasteiger partial charge in [0, 0.05) is 29.4 Å². The van der Waals surface area contributed by atoms with Crippen LogP contribution in [0.2, 0.25) is 0 Å². The fourth-order valence-electron chi connectivity index (χ4n) is 3.92. The van der Waals surface area contributed by atoms with Crippen LogP contribution in [0.4, 0.5) is 0 Å². The summed E-state index contributed by atoms with van der Waals surface area (Å²) in [6.07, 6.45) is 10.8. The summed E-state index contributed by atoms with van der Waals surface area (Å²) >= 11 is 1.82. The van der Waals surface area contributed by atoms with Gasteiger partial charge in [0.1, 0.15) is 10.9 Å². The molecule has 1 saturated heterocycles. The molecule has 134 valence electrons. The fraction of sp³-hybridized carbons (Fsp3) is 0.450. The summed E-state index contributed by atoms with van der Waals surface area (Å²) in [5.41, 5.74) is 2.41. The first-order chi connectivity index (χ1) is 12.9. The number of rotatable bonds is 3. The topological polar surface area (TPSA) is 59.9 Å². The maximum absolute atomic E-state index is 6.43. The number of aryl methyl sites for hydroxylation is 2. The van der Waals surface area contributed by atoms with Gasteiger partial charge in [0.25, 0.3) is 0 Å². The summed E-state index contributed by atoms with van der Waals surface area (Å²) in [4.78, 5) is 16.4. The summed E-state index contributed by atoms with van der Waals surface area (Å²) in [6.45, 7) is 1.97. The zero-order valence-corrected chi connectivity index (χ0v) is 15.5. The molecule has 3 aromatic heterocycles. The Morgan fingerprint density at radius 3 is 2.81 bits per heavy atom. The monoisotopic (exact) mass is 366 g/mol. The minimum Gasteiger partial charge on any atom is -0.472 e. The molecule has 2 aliphatic rings. The Morgan fingerprint density at radius 1 is 1.08 bits per heavy atom. The van der Waals surface area contributed by atoms with Crippen molar-refractivity contribution in [3.05, 3.63) is 35.0 Å². The maximum atomic E-state index is 6.43. The SMILES string of the molecule is c1cc(-c2nc(OC3CCCNC3)c3c4c(sc3n2)CCCC4)ccn1. The minimum atomic E-state index is 0.186. The number of piperidine rings is 1. The lowest BCUT2D eigenvalue weighted by atomic mass is 9.97. The Hall–Kier alpha value is -2.05. The van der Waals surface area contributed by atoms with Crippen molar-refractivity contribution in [1.29, 1.82) is 0 Å². The average Bonchev–Trinajstić information content (AvgIpc) is 3.08. The number of nitrogens with one attached hydrogen (secondary N) is 1. The van der Waals surface area contributed by atoms with Crippen molar-refractivity contribution >= 4 is 21.6 Å². The second-order valence-electron chi connectivity index (χ2n) is 7.07. The van der Waals surface area contributed by atoms with E-state index in [-0.39, 0.29) is 6.10 Å². The van der Waals surface area contributed by atoms with Gasteiger partial charge >= 0.3 is 0 Å². The van der Waals surface area contributed by atoms with Crippen molar-refractivity contribution in [3.63, 3.8) is 0 Å². The van der Waals surface area contributed by atoms with Crippen LogP contribution in [0.15, 0.2) is 24.5 Å². The van der Waals surface area contributed by atoms with E-state index in [0.29, 0.717) is 0 Å². The van der Waals surface area contributed by atoms with Crippen LogP contribution in [0.3, 0.4) is 0 Å². The van der Waals surface area contributed by atoms with Crippen molar-refractivity contribution < 1.29 is 4.74 Å². The number of hydrogen-bond donors (Lipinski definition) is 1. The second kappa shape index (κ2) is 6.93. The molecule has 0 aromatic carbocycles. The third-order valence-electron chi connectivity index (χ3n) is 5.25. The van der Waals surface area contributed by atoms with Gasteiger partial charge < -0.3 is 10.1 Å². The molecule has 0 spiro atoms. The molecule has 1 aliphatic heterocycles. The number of pyridine rings is 1. The molecule has 3 aromatic rings. The molecule has 6 heteroatoms. The lowest BCUT2D eigenvalue weighted by Gasteiger charge is -2.24. The third kappa shape index (κ3) is 2.97. The largest absolute Gasteiger partial charge is 0.472 e. The van der Waals surface area contributed by atoms with Gasteiger partial charge in [0.2, 0.25) is 5.88 Å². The van der Waals surface area contributed by atoms with E-state index in [4.69, 9.17) is 14.7 Å². The summed E-state index contributed by atoms with van der Waals surface area (Å²) in [6, 6.07) is 3.92. The molecule has 5 nitrogen and oxygen atoms in total. The number of thiophene rings is 1. The van der Waals surface area contributed by atoms with Crippen LogP contribution in [0.1, 0.15) is 36.1 Å². The average molecular weight is 366 g/mol. The molecule has 1 aliphatic carbocycles. The molecule has 1 N–H and O–H groups in total. The molecular weight excluding hydrogens is 344 g/mol. The van der Waals surface area contributed by atoms with Gasteiger partial charge in [-0.3, -0.25) is 4.98 Å². The van der Waals surface area contributed by atoms with E-state index in [1.165, 1.54) is 23.3 Å². The lowest BCUT2D eigenvalue weighted by molar-refractivity contribution is 0.163. The molecule has 1 unspecified atom stereocenters. The van der Waals surface area contributed by atoms with Crippen molar-refractivity contribution in [2.45, 2.75) is 44.6 Å². The predicted molar refractivity (Wildman–Crippen MR) is 104 cm³/mol. The van der Waals surface area contributed by atoms with E-state index in [1.54, 1.807) is 12.4 Å². The number of aromatic nitrogens is 3. The number of nitrogens with zero attached hydrogens (tertiary/aromatic N) is 3. The van der Waals surface area contributed by atoms with Gasteiger partial charge in [-0.2, -0.15) is 4.98 Å². The molecule has 0 radical (unpaired) electrons. The molecule has 0 bridgehead atoms. The Balaban J connectivity index is 1.64. The first-order valence-electron chi connectivity index (χ1n) is 9.48. The summed E-state index contributed by atoms with van der Waals surface area (Å²) in [5, 5.41) is 4.59. The number of hydrogen-bond acceptors (Lipinski definition) is 6. The molecule has 1 fully saturated rings. The van der Waals surface area contributed by atoms with Crippen LogP contribution >= 0.6 is 11.3 Å². The highest BCUT2D eigenvalue weighted by molar-refractivity contribution is 7.18. The van der Waals surface area contributed by atoms with Gasteiger partial charge in [-0.05, 0) is 62.8 Å². The normalized spacial score (nSPS) is 20.1. The number of fused-ring (bicyclic) bond motifs is 3. The second-order valence-corrected chi connectivity index (χ2v) is 8.15. The molecule has 5 rings (SSSR count). The van der Waals surface area contributed by atoms with E-state index in [0.717, 1.165) is 66.3 Å². The molecule has 4 heterocycles. The van der Waals surface area contributed by atoms with Crippen molar-refractivity contribution in [1.82, 2.24) is 20.3 Å². The van der Waals surface area contributed by atoms with Gasteiger partial charge in [-0.25, -0.2) is 4.98 Å². The smallest absolute Gasteiger partial charge is 0.226 e. The first-order valence-corrected chi connectivity index (χ1v) is 10.3. The molecule has 1 atom stereocenters. The van der Waals surface area contributed by atoms with Crippen LogP contribution in [0, 0.1) is 0 Å². The van der Waals surface area contributed by atoms with Crippen molar-refractivity contribution in [2.24, 2.45) is 0 Å². The predicted octanol–water partition coefficient (Wildman–Crippen LogP) is 3.76. The van der Waals surface area contributed by atoms with E-state index in [1.807, 2.05) is 23.5 Å². The molecule has 0 saturated carbocycles. The van der Waals surface area contributed by atoms with Gasteiger partial charge in [0.05, 0.1) is 5.39 Å². The zero-order valence-electron chi connectivity index (χ0n) is 14.7. The van der Waals surface area contributed by atoms with E-state index >= 15 is 0 Å². The van der Waals surface area contributed by atoms with Crippen LogP contribution in [0.25, 0.3) is 21.6 Å². The highest BCUT2D eigenvalue weighted by Crippen LogP contribution is 2.40. The summed E-state index contributed by atoms with van der Waals surface area (Å²) < 4.78 is 6.43. The Labute approximate surface area is 156 Å². The van der Waals surface area contributed by atoms with Crippen LogP contribution in [-0.4, -0.2) is 34.1 Å². The standard InChI is InChI=1S/C20H22N4OS/c1-2-6-16-15(5-1)17-19(25-14-4-3-9-22-12-14)23-18(24-20(17)26-16)13-7-10-21-11-8-13/h7-8,10-11,14,22H,1-6,9,12H2. The quantitative estimate of drug-likeness (QED) is 0.765.